The minimum Gasteiger partial charge on any atom is -0.466 e. The highest BCUT2D eigenvalue weighted by molar-refractivity contribution is 6.34. The second-order valence-electron chi connectivity index (χ2n) is 14.5. The Balaban J connectivity index is 1.32. The summed E-state index contributed by atoms with van der Waals surface area (Å²) in [4.78, 5) is 45.5. The van der Waals surface area contributed by atoms with Gasteiger partial charge in [-0.2, -0.15) is 0 Å². The number of anilines is 1. The molecule has 1 aliphatic carbocycles. The predicted molar refractivity (Wildman–Crippen MR) is 200 cm³/mol. The molecule has 2 aromatic carbocycles. The number of para-hydroxylation sites is 1. The molecule has 11 nitrogen and oxygen atoms in total. The second-order valence-corrected chi connectivity index (χ2v) is 14.9. The number of rotatable bonds is 15. The van der Waals surface area contributed by atoms with Gasteiger partial charge in [-0.3, -0.25) is 19.3 Å². The summed E-state index contributed by atoms with van der Waals surface area (Å²) < 4.78 is 41.9. The Hall–Kier alpha value is -3.39. The van der Waals surface area contributed by atoms with E-state index in [-0.39, 0.29) is 58.6 Å². The van der Waals surface area contributed by atoms with Crippen LogP contribution in [0, 0.1) is 11.7 Å². The highest BCUT2D eigenvalue weighted by atomic mass is 35.5. The average Bonchev–Trinajstić information content (AvgIpc) is 3.91. The van der Waals surface area contributed by atoms with Crippen molar-refractivity contribution in [3.63, 3.8) is 0 Å². The number of nitrogens with zero attached hydrogens (tertiary/aromatic N) is 3. The maximum Gasteiger partial charge on any atom is 0.308 e. The van der Waals surface area contributed by atoms with Gasteiger partial charge in [-0.15, -0.1) is 0 Å². The molecule has 3 aromatic rings. The molecule has 1 unspecified atom stereocenters. The van der Waals surface area contributed by atoms with Crippen LogP contribution in [0.1, 0.15) is 74.2 Å². The summed E-state index contributed by atoms with van der Waals surface area (Å²) in [5.74, 6) is -3.34. The van der Waals surface area contributed by atoms with E-state index < -0.39 is 17.6 Å². The number of esters is 1. The van der Waals surface area contributed by atoms with Crippen LogP contribution >= 0.6 is 11.6 Å². The molecule has 3 heterocycles. The maximum absolute atomic E-state index is 16.2. The molecule has 13 heteroatoms. The van der Waals surface area contributed by atoms with Crippen LogP contribution < -0.4 is 5.32 Å². The Morgan fingerprint density at radius 3 is 2.26 bits per heavy atom. The number of aryl methyl sites for hydroxylation is 1. The van der Waals surface area contributed by atoms with Gasteiger partial charge in [0.25, 0.3) is 5.91 Å². The number of methoxy groups -OCH3 is 2. The number of fused-ring (bicyclic) bond motifs is 1. The van der Waals surface area contributed by atoms with Crippen molar-refractivity contribution < 1.29 is 37.7 Å². The number of amides is 1. The summed E-state index contributed by atoms with van der Waals surface area (Å²) in [6.45, 7) is 4.15. The van der Waals surface area contributed by atoms with E-state index in [4.69, 9.17) is 30.5 Å². The second kappa shape index (κ2) is 17.4. The lowest BCUT2D eigenvalue weighted by Crippen LogP contribution is -2.71. The van der Waals surface area contributed by atoms with Crippen molar-refractivity contribution in [1.29, 1.82) is 0 Å². The molecule has 53 heavy (non-hydrogen) atoms. The highest BCUT2D eigenvalue weighted by Crippen LogP contribution is 2.42. The van der Waals surface area contributed by atoms with Crippen LogP contribution in [-0.2, 0) is 42.0 Å². The van der Waals surface area contributed by atoms with Crippen LogP contribution in [0.25, 0.3) is 10.9 Å². The molecular weight excluding hydrogens is 703 g/mol. The molecule has 1 N–H and O–H groups in total. The van der Waals surface area contributed by atoms with Crippen LogP contribution in [0.4, 0.5) is 10.1 Å². The number of likely N-dealkylation sites (tertiary alicyclic amines) is 2. The molecule has 3 aliphatic rings. The van der Waals surface area contributed by atoms with Crippen molar-refractivity contribution in [3.8, 4) is 0 Å². The largest absolute Gasteiger partial charge is 0.466 e. The molecule has 6 rings (SSSR count). The van der Waals surface area contributed by atoms with Gasteiger partial charge < -0.3 is 28.8 Å². The molecule has 0 bridgehead atoms. The van der Waals surface area contributed by atoms with Crippen molar-refractivity contribution in [1.82, 2.24) is 14.4 Å². The first-order chi connectivity index (χ1) is 25.6. The molecule has 2 aliphatic heterocycles. The Labute approximate surface area is 316 Å². The SMILES string of the molecule is CCOC(=O)C1CCC(OC(C(=O)Cc2cc(Cl)c(NC(=O)c3cn(C)c4ccccc34)cc2F)(N2CCCC2)N2[C@@H](COC)CC[C@H]2COC)CC1. The highest BCUT2D eigenvalue weighted by Gasteiger charge is 2.58. The summed E-state index contributed by atoms with van der Waals surface area (Å²) in [6.07, 6.45) is 6.76. The van der Waals surface area contributed by atoms with E-state index in [1.807, 2.05) is 35.9 Å². The molecule has 2 saturated heterocycles. The molecule has 288 valence electrons. The van der Waals surface area contributed by atoms with E-state index in [0.29, 0.717) is 64.2 Å². The number of nitrogens with one attached hydrogen (secondary N) is 1. The summed E-state index contributed by atoms with van der Waals surface area (Å²) in [7, 11) is 5.16. The minimum absolute atomic E-state index is 0.104. The van der Waals surface area contributed by atoms with Gasteiger partial charge in [0.05, 0.1) is 48.1 Å². The van der Waals surface area contributed by atoms with E-state index in [2.05, 4.69) is 15.1 Å². The van der Waals surface area contributed by atoms with Crippen LogP contribution in [-0.4, -0.2) is 103 Å². The number of aromatic nitrogens is 1. The third-order valence-corrected chi connectivity index (χ3v) is 11.4. The smallest absolute Gasteiger partial charge is 0.308 e. The zero-order chi connectivity index (χ0) is 37.7. The number of Topliss-reactive ketones (excluding diaryl/α,β-unsaturated/α-hetero) is 1. The number of hydrogen-bond donors (Lipinski definition) is 1. The van der Waals surface area contributed by atoms with Crippen molar-refractivity contribution in [2.24, 2.45) is 13.0 Å². The first-order valence-electron chi connectivity index (χ1n) is 18.8. The normalized spacial score (nSPS) is 23.7. The Morgan fingerprint density at radius 1 is 0.962 bits per heavy atom. The fourth-order valence-electron chi connectivity index (χ4n) is 8.60. The first-order valence-corrected chi connectivity index (χ1v) is 19.2. The lowest BCUT2D eigenvalue weighted by atomic mass is 9.87. The van der Waals surface area contributed by atoms with E-state index in [1.165, 1.54) is 12.1 Å². The summed E-state index contributed by atoms with van der Waals surface area (Å²) in [5.41, 5.74) is 1.54. The quantitative estimate of drug-likeness (QED) is 0.178. The van der Waals surface area contributed by atoms with Crippen LogP contribution in [0.5, 0.6) is 0 Å². The van der Waals surface area contributed by atoms with Crippen LogP contribution in [0.3, 0.4) is 0 Å². The molecule has 3 fully saturated rings. The van der Waals surface area contributed by atoms with Gasteiger partial charge in [-0.1, -0.05) is 29.8 Å². The van der Waals surface area contributed by atoms with Gasteiger partial charge in [0.1, 0.15) is 5.82 Å². The summed E-state index contributed by atoms with van der Waals surface area (Å²) in [6, 6.07) is 9.83. The van der Waals surface area contributed by atoms with Crippen molar-refractivity contribution in [3.05, 3.63) is 64.6 Å². The molecule has 1 saturated carbocycles. The van der Waals surface area contributed by atoms with Gasteiger partial charge in [0.2, 0.25) is 5.85 Å². The molecular formula is C40H52ClFN4O7. The number of carbonyl (C=O) groups is 3. The van der Waals surface area contributed by atoms with E-state index >= 15 is 9.18 Å². The van der Waals surface area contributed by atoms with Gasteiger partial charge >= 0.3 is 5.97 Å². The lowest BCUT2D eigenvalue weighted by molar-refractivity contribution is -0.270. The lowest BCUT2D eigenvalue weighted by Gasteiger charge is -2.52. The summed E-state index contributed by atoms with van der Waals surface area (Å²) >= 11 is 6.73. The maximum atomic E-state index is 16.2. The van der Waals surface area contributed by atoms with Crippen molar-refractivity contribution in [2.45, 2.75) is 88.7 Å². The first kappa shape index (κ1) is 39.3. The summed E-state index contributed by atoms with van der Waals surface area (Å²) in [5, 5.41) is 3.65. The van der Waals surface area contributed by atoms with Gasteiger partial charge in [0.15, 0.2) is 5.78 Å². The number of benzene rings is 2. The molecule has 3 atom stereocenters. The zero-order valence-electron chi connectivity index (χ0n) is 31.2. The third kappa shape index (κ3) is 8.18. The molecule has 0 radical (unpaired) electrons. The van der Waals surface area contributed by atoms with Crippen LogP contribution in [0.15, 0.2) is 42.6 Å². The number of carbonyl (C=O) groups excluding carboxylic acids is 3. The predicted octanol–water partition coefficient (Wildman–Crippen LogP) is 6.35. The number of ether oxygens (including phenoxy) is 4. The van der Waals surface area contributed by atoms with Crippen LogP contribution in [0.2, 0.25) is 5.02 Å². The van der Waals surface area contributed by atoms with E-state index in [9.17, 15) is 9.59 Å². The number of ketones is 1. The molecule has 1 amide bonds. The third-order valence-electron chi connectivity index (χ3n) is 11.1. The zero-order valence-corrected chi connectivity index (χ0v) is 32.0. The Bertz CT molecular complexity index is 1760. The number of hydrogen-bond acceptors (Lipinski definition) is 9. The number of halogens is 2. The standard InChI is InChI=1S/C40H52ClFN4O7/c1-5-52-39(49)26-12-16-30(17-13-26)53-40(45-18-8-9-19-45,46-28(24-50-3)14-15-29(46)25-51-4)37(47)21-27-20-33(41)35(22-34(27)42)43-38(48)32-23-44(2)36-11-7-6-10-31(32)36/h6-7,10-11,20,22-23,26,28-30H,5,8-9,12-19,21,24-25H2,1-4H3,(H,43,48)/t26?,28-,29+,30?,40?. The van der Waals surface area contributed by atoms with Crippen molar-refractivity contribution >= 4 is 45.9 Å². The van der Waals surface area contributed by atoms with Gasteiger partial charge in [-0.25, -0.2) is 9.29 Å². The Kier molecular flexibility index (Phi) is 12.9. The monoisotopic (exact) mass is 754 g/mol. The fourth-order valence-corrected chi connectivity index (χ4v) is 8.84. The topological polar surface area (TPSA) is 112 Å². The Morgan fingerprint density at radius 2 is 1.62 bits per heavy atom. The molecule has 1 aromatic heterocycles. The van der Waals surface area contributed by atoms with E-state index in [1.54, 1.807) is 27.3 Å². The molecule has 0 spiro atoms. The van der Waals surface area contributed by atoms with Gasteiger partial charge in [0, 0.05) is 70.0 Å². The van der Waals surface area contributed by atoms with Crippen molar-refractivity contribution in [2.75, 3.05) is 52.4 Å². The minimum atomic E-state index is -1.54. The van der Waals surface area contributed by atoms with Gasteiger partial charge in [-0.05, 0) is 82.1 Å². The average molecular weight is 755 g/mol. The van der Waals surface area contributed by atoms with E-state index in [0.717, 1.165) is 36.6 Å². The fraction of sp³-hybridized carbons (Fsp3) is 0.575.